The molecule has 0 aliphatic rings. The van der Waals surface area contributed by atoms with Crippen molar-refractivity contribution in [2.45, 2.75) is 25.9 Å². The van der Waals surface area contributed by atoms with Gasteiger partial charge in [-0.2, -0.15) is 5.10 Å². The third-order valence-corrected chi connectivity index (χ3v) is 2.49. The Bertz CT molecular complexity index is 539. The molecule has 7 nitrogen and oxygen atoms in total. The molecule has 1 atom stereocenters. The number of aromatic nitrogens is 4. The lowest BCUT2D eigenvalue weighted by Gasteiger charge is -2.10. The number of anilines is 1. The molecule has 2 rings (SSSR count). The van der Waals surface area contributed by atoms with Gasteiger partial charge in [0.2, 0.25) is 5.91 Å². The van der Waals surface area contributed by atoms with Crippen molar-refractivity contribution in [1.82, 2.24) is 19.7 Å². The van der Waals surface area contributed by atoms with Crippen molar-refractivity contribution in [3.05, 3.63) is 31.0 Å². The molecule has 100 valence electrons. The Kier molecular flexibility index (Phi) is 4.19. The molecule has 0 saturated carbocycles. The molecule has 0 spiro atoms. The minimum absolute atomic E-state index is 0.171. The number of aliphatic hydroxyl groups is 1. The summed E-state index contributed by atoms with van der Waals surface area (Å²) in [4.78, 5) is 19.8. The van der Waals surface area contributed by atoms with Crippen LogP contribution in [0.1, 0.15) is 19.8 Å². The van der Waals surface area contributed by atoms with Crippen LogP contribution in [0.4, 0.5) is 5.69 Å². The lowest BCUT2D eigenvalue weighted by atomic mass is 10.2. The van der Waals surface area contributed by atoms with Crippen molar-refractivity contribution >= 4 is 11.6 Å². The molecular formula is C12H15N5O2. The van der Waals surface area contributed by atoms with Crippen LogP contribution in [0.15, 0.2) is 31.0 Å². The number of nitrogens with one attached hydrogen (secondary N) is 1. The van der Waals surface area contributed by atoms with Gasteiger partial charge in [0.1, 0.15) is 12.7 Å². The number of amides is 1. The van der Waals surface area contributed by atoms with Gasteiger partial charge in [-0.15, -0.1) is 0 Å². The summed E-state index contributed by atoms with van der Waals surface area (Å²) in [7, 11) is 0. The van der Waals surface area contributed by atoms with Crippen LogP contribution in [-0.4, -0.2) is 36.9 Å². The van der Waals surface area contributed by atoms with E-state index >= 15 is 0 Å². The molecule has 2 aromatic rings. The number of hydrogen-bond donors (Lipinski definition) is 2. The van der Waals surface area contributed by atoms with Crippen molar-refractivity contribution in [1.29, 1.82) is 0 Å². The van der Waals surface area contributed by atoms with Crippen molar-refractivity contribution in [3.63, 3.8) is 0 Å². The van der Waals surface area contributed by atoms with E-state index in [2.05, 4.69) is 20.4 Å². The number of pyridine rings is 1. The molecule has 0 saturated heterocycles. The molecule has 7 heteroatoms. The zero-order valence-corrected chi connectivity index (χ0v) is 10.5. The smallest absolute Gasteiger partial charge is 0.224 e. The Hall–Kier alpha value is -2.28. The number of aliphatic hydroxyl groups excluding tert-OH is 1. The summed E-state index contributed by atoms with van der Waals surface area (Å²) in [6, 6.07) is 3.47. The lowest BCUT2D eigenvalue weighted by molar-refractivity contribution is -0.116. The predicted octanol–water partition coefficient (Wildman–Crippen LogP) is 0.762. The van der Waals surface area contributed by atoms with Gasteiger partial charge in [0, 0.05) is 12.6 Å². The number of nitrogens with zero attached hydrogens (tertiary/aromatic N) is 4. The Morgan fingerprint density at radius 1 is 1.58 bits per heavy atom. The normalized spacial score (nSPS) is 12.1. The largest absolute Gasteiger partial charge is 0.393 e. The maximum atomic E-state index is 11.7. The highest BCUT2D eigenvalue weighted by Gasteiger charge is 2.10. The molecule has 0 aromatic carbocycles. The number of rotatable bonds is 5. The van der Waals surface area contributed by atoms with Crippen LogP contribution in [0.2, 0.25) is 0 Å². The lowest BCUT2D eigenvalue weighted by Crippen LogP contribution is -2.16. The molecule has 0 radical (unpaired) electrons. The van der Waals surface area contributed by atoms with Crippen LogP contribution < -0.4 is 5.32 Å². The van der Waals surface area contributed by atoms with Crippen LogP contribution in [0.5, 0.6) is 0 Å². The maximum absolute atomic E-state index is 11.7. The number of hydrogen-bond acceptors (Lipinski definition) is 5. The zero-order chi connectivity index (χ0) is 13.7. The summed E-state index contributed by atoms with van der Waals surface area (Å²) in [5.74, 6) is 0.334. The van der Waals surface area contributed by atoms with Gasteiger partial charge in [-0.1, -0.05) is 0 Å². The zero-order valence-electron chi connectivity index (χ0n) is 10.5. The van der Waals surface area contributed by atoms with Gasteiger partial charge in [0.25, 0.3) is 0 Å². The van der Waals surface area contributed by atoms with Gasteiger partial charge in [0.15, 0.2) is 5.82 Å². The first kappa shape index (κ1) is 13.2. The molecule has 1 amide bonds. The highest BCUT2D eigenvalue weighted by molar-refractivity contribution is 5.92. The fourth-order valence-electron chi connectivity index (χ4n) is 1.55. The quantitative estimate of drug-likeness (QED) is 0.829. The van der Waals surface area contributed by atoms with Crippen LogP contribution in [0, 0.1) is 0 Å². The van der Waals surface area contributed by atoms with Crippen molar-refractivity contribution < 1.29 is 9.90 Å². The molecule has 19 heavy (non-hydrogen) atoms. The second-order valence-corrected chi connectivity index (χ2v) is 4.15. The van der Waals surface area contributed by atoms with E-state index in [1.54, 1.807) is 25.3 Å². The highest BCUT2D eigenvalue weighted by atomic mass is 16.3. The number of carbonyl (C=O) groups excluding carboxylic acids is 1. The average Bonchev–Trinajstić information content (AvgIpc) is 2.91. The van der Waals surface area contributed by atoms with E-state index in [0.717, 1.165) is 0 Å². The van der Waals surface area contributed by atoms with E-state index in [-0.39, 0.29) is 12.3 Å². The topological polar surface area (TPSA) is 92.9 Å². The van der Waals surface area contributed by atoms with Gasteiger partial charge in [0.05, 0.1) is 11.8 Å². The third-order valence-electron chi connectivity index (χ3n) is 2.49. The second-order valence-electron chi connectivity index (χ2n) is 4.15. The molecule has 0 fully saturated rings. The Balaban J connectivity index is 2.10. The third kappa shape index (κ3) is 3.59. The monoisotopic (exact) mass is 261 g/mol. The summed E-state index contributed by atoms with van der Waals surface area (Å²) in [5.41, 5.74) is 0.559. The fraction of sp³-hybridized carbons (Fsp3) is 0.333. The van der Waals surface area contributed by atoms with Gasteiger partial charge >= 0.3 is 0 Å². The standard InChI is InChI=1S/C12H15N5O2/c1-9(18)4-5-11(19)16-10-3-2-6-14-12(10)17-8-13-7-15-17/h2-3,6-9,18H,4-5H2,1H3,(H,16,19). The van der Waals surface area contributed by atoms with E-state index in [0.29, 0.717) is 17.9 Å². The van der Waals surface area contributed by atoms with Crippen LogP contribution in [0.25, 0.3) is 5.82 Å². The predicted molar refractivity (Wildman–Crippen MR) is 68.7 cm³/mol. The van der Waals surface area contributed by atoms with E-state index in [9.17, 15) is 4.79 Å². The molecular weight excluding hydrogens is 246 g/mol. The first-order chi connectivity index (χ1) is 9.16. The van der Waals surface area contributed by atoms with Gasteiger partial charge in [-0.25, -0.2) is 14.6 Å². The van der Waals surface area contributed by atoms with Crippen LogP contribution >= 0.6 is 0 Å². The van der Waals surface area contributed by atoms with Gasteiger partial charge < -0.3 is 10.4 Å². The SMILES string of the molecule is CC(O)CCC(=O)Nc1cccnc1-n1cncn1. The second kappa shape index (κ2) is 6.05. The molecule has 0 bridgehead atoms. The van der Waals surface area contributed by atoms with Gasteiger partial charge in [-0.05, 0) is 25.5 Å². The average molecular weight is 261 g/mol. The molecule has 2 aromatic heterocycles. The summed E-state index contributed by atoms with van der Waals surface area (Å²) >= 11 is 0. The Labute approximate surface area is 110 Å². The van der Waals surface area contributed by atoms with Gasteiger partial charge in [-0.3, -0.25) is 4.79 Å². The van der Waals surface area contributed by atoms with Crippen LogP contribution in [-0.2, 0) is 4.79 Å². The van der Waals surface area contributed by atoms with Crippen molar-refractivity contribution in [2.24, 2.45) is 0 Å². The Morgan fingerprint density at radius 2 is 2.42 bits per heavy atom. The summed E-state index contributed by atoms with van der Waals surface area (Å²) < 4.78 is 1.48. The maximum Gasteiger partial charge on any atom is 0.224 e. The summed E-state index contributed by atoms with van der Waals surface area (Å²) in [6.07, 6.45) is 4.70. The van der Waals surface area contributed by atoms with Crippen molar-refractivity contribution in [2.75, 3.05) is 5.32 Å². The highest BCUT2D eigenvalue weighted by Crippen LogP contribution is 2.16. The molecule has 2 heterocycles. The minimum atomic E-state index is -0.491. The summed E-state index contributed by atoms with van der Waals surface area (Å²) in [6.45, 7) is 1.65. The van der Waals surface area contributed by atoms with E-state index in [4.69, 9.17) is 5.11 Å². The first-order valence-electron chi connectivity index (χ1n) is 5.95. The van der Waals surface area contributed by atoms with E-state index in [1.807, 2.05) is 0 Å². The molecule has 1 unspecified atom stereocenters. The van der Waals surface area contributed by atoms with E-state index < -0.39 is 6.10 Å². The fourth-order valence-corrected chi connectivity index (χ4v) is 1.55. The Morgan fingerprint density at radius 3 is 3.11 bits per heavy atom. The first-order valence-corrected chi connectivity index (χ1v) is 5.95. The number of carbonyl (C=O) groups is 1. The summed E-state index contributed by atoms with van der Waals surface area (Å²) in [5, 5.41) is 15.9. The molecule has 2 N–H and O–H groups in total. The van der Waals surface area contributed by atoms with Crippen molar-refractivity contribution in [3.8, 4) is 5.82 Å². The minimum Gasteiger partial charge on any atom is -0.393 e. The van der Waals surface area contributed by atoms with Crippen LogP contribution in [0.3, 0.4) is 0 Å². The molecule has 0 aliphatic carbocycles. The molecule has 0 aliphatic heterocycles. The van der Waals surface area contributed by atoms with E-state index in [1.165, 1.54) is 17.3 Å².